The third-order valence-electron chi connectivity index (χ3n) is 2.37. The summed E-state index contributed by atoms with van der Waals surface area (Å²) in [5, 5.41) is 3.18. The van der Waals surface area contributed by atoms with Crippen LogP contribution in [-0.4, -0.2) is 21.5 Å². The number of para-hydroxylation sites is 1. The lowest BCUT2D eigenvalue weighted by molar-refractivity contribution is 0.586. The van der Waals surface area contributed by atoms with Gasteiger partial charge in [-0.1, -0.05) is 32.0 Å². The Morgan fingerprint density at radius 2 is 1.89 bits per heavy atom. The summed E-state index contributed by atoms with van der Waals surface area (Å²) in [5.41, 5.74) is 1.54. The highest BCUT2D eigenvalue weighted by Gasteiger charge is 2.10. The molecule has 1 rings (SSSR count). The Morgan fingerprint density at radius 3 is 2.56 bits per heavy atom. The van der Waals surface area contributed by atoms with Gasteiger partial charge in [-0.3, -0.25) is 4.72 Å². The van der Waals surface area contributed by atoms with Gasteiger partial charge in [0.15, 0.2) is 0 Å². The molecule has 0 bridgehead atoms. The van der Waals surface area contributed by atoms with Crippen molar-refractivity contribution in [1.82, 2.24) is 10.0 Å². The lowest BCUT2D eigenvalue weighted by Gasteiger charge is -2.13. The van der Waals surface area contributed by atoms with Gasteiger partial charge >= 0.3 is 0 Å². The van der Waals surface area contributed by atoms with Gasteiger partial charge in [-0.05, 0) is 24.6 Å². The standard InChI is InChI=1S/C12H21N3O2S/c1-3-9-14-18(16,17)15-12-8-6-5-7-11(12)10-13-4-2/h5-8,13-15H,3-4,9-10H2,1-2H3. The molecule has 102 valence electrons. The molecule has 1 aromatic rings. The second kappa shape index (κ2) is 7.35. The Kier molecular flexibility index (Phi) is 6.11. The quantitative estimate of drug-likeness (QED) is 0.670. The second-order valence-corrected chi connectivity index (χ2v) is 5.44. The molecule has 0 aliphatic carbocycles. The van der Waals surface area contributed by atoms with Gasteiger partial charge in [-0.15, -0.1) is 0 Å². The minimum atomic E-state index is -3.47. The van der Waals surface area contributed by atoms with E-state index in [1.165, 1.54) is 0 Å². The van der Waals surface area contributed by atoms with Crippen molar-refractivity contribution in [3.8, 4) is 0 Å². The van der Waals surface area contributed by atoms with E-state index in [0.717, 1.165) is 18.5 Å². The molecule has 0 aromatic heterocycles. The SMILES string of the molecule is CCCNS(=O)(=O)Nc1ccccc1CNCC. The topological polar surface area (TPSA) is 70.2 Å². The van der Waals surface area contributed by atoms with Gasteiger partial charge in [0.2, 0.25) is 0 Å². The average molecular weight is 271 g/mol. The number of rotatable bonds is 8. The summed E-state index contributed by atoms with van der Waals surface area (Å²) in [4.78, 5) is 0. The molecule has 0 atom stereocenters. The van der Waals surface area contributed by atoms with Crippen molar-refractivity contribution in [3.63, 3.8) is 0 Å². The summed E-state index contributed by atoms with van der Waals surface area (Å²) < 4.78 is 28.5. The first kappa shape index (κ1) is 14.9. The van der Waals surface area contributed by atoms with Crippen LogP contribution in [0.15, 0.2) is 24.3 Å². The molecule has 0 amide bonds. The predicted molar refractivity (Wildman–Crippen MR) is 74.7 cm³/mol. The first-order valence-corrected chi connectivity index (χ1v) is 7.63. The zero-order chi connectivity index (χ0) is 13.4. The highest BCUT2D eigenvalue weighted by molar-refractivity contribution is 7.90. The van der Waals surface area contributed by atoms with Crippen LogP contribution in [0.3, 0.4) is 0 Å². The fourth-order valence-corrected chi connectivity index (χ4v) is 2.48. The molecule has 6 heteroatoms. The molecule has 3 N–H and O–H groups in total. The van der Waals surface area contributed by atoms with Crippen molar-refractivity contribution in [2.75, 3.05) is 17.8 Å². The highest BCUT2D eigenvalue weighted by atomic mass is 32.2. The lowest BCUT2D eigenvalue weighted by atomic mass is 10.2. The minimum absolute atomic E-state index is 0.435. The van der Waals surface area contributed by atoms with Crippen LogP contribution in [0.5, 0.6) is 0 Å². The summed E-state index contributed by atoms with van der Waals surface area (Å²) in [7, 11) is -3.47. The molecule has 18 heavy (non-hydrogen) atoms. The molecule has 0 saturated heterocycles. The number of hydrogen-bond donors (Lipinski definition) is 3. The monoisotopic (exact) mass is 271 g/mol. The van der Waals surface area contributed by atoms with E-state index in [0.29, 0.717) is 18.8 Å². The molecular formula is C12H21N3O2S. The van der Waals surface area contributed by atoms with Crippen LogP contribution >= 0.6 is 0 Å². The summed E-state index contributed by atoms with van der Waals surface area (Å²) in [6.45, 7) is 5.85. The van der Waals surface area contributed by atoms with Crippen molar-refractivity contribution in [2.45, 2.75) is 26.8 Å². The van der Waals surface area contributed by atoms with Crippen LogP contribution in [0.25, 0.3) is 0 Å². The van der Waals surface area contributed by atoms with Crippen LogP contribution in [0.4, 0.5) is 5.69 Å². The molecule has 0 radical (unpaired) electrons. The largest absolute Gasteiger partial charge is 0.313 e. The predicted octanol–water partition coefficient (Wildman–Crippen LogP) is 1.45. The fraction of sp³-hybridized carbons (Fsp3) is 0.500. The zero-order valence-corrected chi connectivity index (χ0v) is 11.7. The van der Waals surface area contributed by atoms with E-state index in [1.807, 2.05) is 32.0 Å². The molecule has 5 nitrogen and oxygen atoms in total. The van der Waals surface area contributed by atoms with E-state index in [-0.39, 0.29) is 0 Å². The van der Waals surface area contributed by atoms with Gasteiger partial charge in [0.25, 0.3) is 10.2 Å². The van der Waals surface area contributed by atoms with E-state index in [4.69, 9.17) is 0 Å². The second-order valence-electron chi connectivity index (χ2n) is 3.94. The lowest BCUT2D eigenvalue weighted by Crippen LogP contribution is -2.31. The molecule has 0 heterocycles. The van der Waals surface area contributed by atoms with E-state index < -0.39 is 10.2 Å². The minimum Gasteiger partial charge on any atom is -0.313 e. The first-order valence-electron chi connectivity index (χ1n) is 6.15. The van der Waals surface area contributed by atoms with E-state index in [1.54, 1.807) is 6.07 Å². The van der Waals surface area contributed by atoms with Gasteiger partial charge in [-0.25, -0.2) is 0 Å². The molecule has 0 aliphatic rings. The number of nitrogens with one attached hydrogen (secondary N) is 3. The Labute approximate surface area is 109 Å². The van der Waals surface area contributed by atoms with E-state index in [2.05, 4.69) is 14.8 Å². The van der Waals surface area contributed by atoms with Crippen molar-refractivity contribution >= 4 is 15.9 Å². The van der Waals surface area contributed by atoms with Gasteiger partial charge in [-0.2, -0.15) is 13.1 Å². The van der Waals surface area contributed by atoms with Crippen LogP contribution in [0, 0.1) is 0 Å². The maximum Gasteiger partial charge on any atom is 0.299 e. The molecular weight excluding hydrogens is 250 g/mol. The van der Waals surface area contributed by atoms with Gasteiger partial charge in [0.1, 0.15) is 0 Å². The summed E-state index contributed by atoms with van der Waals surface area (Å²) in [6, 6.07) is 7.37. The fourth-order valence-electron chi connectivity index (χ4n) is 1.45. The van der Waals surface area contributed by atoms with Crippen molar-refractivity contribution in [2.24, 2.45) is 0 Å². The number of benzene rings is 1. The Bertz CT molecular complexity index is 460. The molecule has 1 aromatic carbocycles. The summed E-state index contributed by atoms with van der Waals surface area (Å²) in [5.74, 6) is 0. The van der Waals surface area contributed by atoms with Crippen molar-refractivity contribution in [3.05, 3.63) is 29.8 Å². The van der Waals surface area contributed by atoms with Crippen LogP contribution in [0.1, 0.15) is 25.8 Å². The first-order chi connectivity index (χ1) is 8.59. The number of anilines is 1. The number of hydrogen-bond acceptors (Lipinski definition) is 3. The maximum absolute atomic E-state index is 11.7. The Hall–Kier alpha value is -1.11. The Morgan fingerprint density at radius 1 is 1.17 bits per heavy atom. The van der Waals surface area contributed by atoms with Crippen LogP contribution < -0.4 is 14.8 Å². The molecule has 0 unspecified atom stereocenters. The van der Waals surface area contributed by atoms with Crippen molar-refractivity contribution in [1.29, 1.82) is 0 Å². The van der Waals surface area contributed by atoms with Gasteiger partial charge in [0, 0.05) is 13.1 Å². The third-order valence-corrected chi connectivity index (χ3v) is 3.44. The molecule has 0 saturated carbocycles. The maximum atomic E-state index is 11.7. The van der Waals surface area contributed by atoms with Gasteiger partial charge < -0.3 is 5.32 Å². The third kappa shape index (κ3) is 5.03. The Balaban J connectivity index is 2.77. The van der Waals surface area contributed by atoms with Crippen LogP contribution in [-0.2, 0) is 16.8 Å². The normalized spacial score (nSPS) is 11.4. The molecule has 0 fully saturated rings. The van der Waals surface area contributed by atoms with E-state index >= 15 is 0 Å². The van der Waals surface area contributed by atoms with Crippen molar-refractivity contribution < 1.29 is 8.42 Å². The summed E-state index contributed by atoms with van der Waals surface area (Å²) >= 11 is 0. The van der Waals surface area contributed by atoms with E-state index in [9.17, 15) is 8.42 Å². The highest BCUT2D eigenvalue weighted by Crippen LogP contribution is 2.15. The van der Waals surface area contributed by atoms with Crippen LogP contribution in [0.2, 0.25) is 0 Å². The average Bonchev–Trinajstić information content (AvgIpc) is 2.35. The zero-order valence-electron chi connectivity index (χ0n) is 10.9. The smallest absolute Gasteiger partial charge is 0.299 e. The molecule has 0 spiro atoms. The summed E-state index contributed by atoms with van der Waals surface area (Å²) in [6.07, 6.45) is 0.764. The molecule has 0 aliphatic heterocycles. The van der Waals surface area contributed by atoms with Gasteiger partial charge in [0.05, 0.1) is 5.69 Å².